The first-order chi connectivity index (χ1) is 18.3. The number of aromatic nitrogens is 2. The molecule has 1 atom stereocenters. The van der Waals surface area contributed by atoms with Gasteiger partial charge in [-0.05, 0) is 53.9 Å². The minimum Gasteiger partial charge on any atom is -0.496 e. The van der Waals surface area contributed by atoms with Crippen LogP contribution in [-0.4, -0.2) is 23.0 Å². The Labute approximate surface area is 229 Å². The summed E-state index contributed by atoms with van der Waals surface area (Å²) in [6.07, 6.45) is 1.30. The number of carbonyl (C=O) groups excluding carboxylic acids is 1. The summed E-state index contributed by atoms with van der Waals surface area (Å²) in [5, 5.41) is 14.0. The molecule has 5 N–H and O–H groups in total. The molecule has 0 radical (unpaired) electrons. The maximum Gasteiger partial charge on any atom is 0.273 e. The van der Waals surface area contributed by atoms with Crippen LogP contribution in [0.3, 0.4) is 0 Å². The average molecular weight is 548 g/mol. The summed E-state index contributed by atoms with van der Waals surface area (Å²) in [4.78, 5) is 20.9. The number of ether oxygens (including phenoxy) is 1. The molecule has 1 unspecified atom stereocenters. The number of hydrogen-bond acceptors (Lipinski definition) is 8. The van der Waals surface area contributed by atoms with Crippen LogP contribution in [0.2, 0.25) is 10.0 Å². The van der Waals surface area contributed by atoms with Gasteiger partial charge in [0.25, 0.3) is 5.91 Å². The monoisotopic (exact) mass is 547 g/mol. The van der Waals surface area contributed by atoms with Gasteiger partial charge >= 0.3 is 0 Å². The van der Waals surface area contributed by atoms with Gasteiger partial charge in [-0.2, -0.15) is 5.26 Å². The summed E-state index contributed by atoms with van der Waals surface area (Å²) in [7, 11) is 1.48. The second kappa shape index (κ2) is 11.7. The maximum atomic E-state index is 12.6. The Morgan fingerprint density at radius 1 is 1.08 bits per heavy atom. The Balaban J connectivity index is 1.54. The Morgan fingerprint density at radius 3 is 2.50 bits per heavy atom. The number of para-hydroxylation sites is 1. The smallest absolute Gasteiger partial charge is 0.273 e. The van der Waals surface area contributed by atoms with Crippen LogP contribution < -0.4 is 26.6 Å². The predicted molar refractivity (Wildman–Crippen MR) is 149 cm³/mol. The average Bonchev–Trinajstić information content (AvgIpc) is 2.92. The van der Waals surface area contributed by atoms with E-state index in [-0.39, 0.29) is 11.5 Å². The second-order valence-electron chi connectivity index (χ2n) is 8.19. The highest BCUT2D eigenvalue weighted by Gasteiger charge is 2.19. The van der Waals surface area contributed by atoms with Crippen LogP contribution in [0.4, 0.5) is 23.0 Å². The highest BCUT2D eigenvalue weighted by Crippen LogP contribution is 2.36. The molecule has 0 saturated heterocycles. The molecular formula is C27H23Cl2N7O2. The fourth-order valence-electron chi connectivity index (χ4n) is 3.78. The molecule has 4 aromatic rings. The van der Waals surface area contributed by atoms with E-state index in [2.05, 4.69) is 32.2 Å². The number of hydrazine groups is 1. The summed E-state index contributed by atoms with van der Waals surface area (Å²) >= 11 is 12.6. The fourth-order valence-corrected chi connectivity index (χ4v) is 4.18. The van der Waals surface area contributed by atoms with Gasteiger partial charge < -0.3 is 15.8 Å². The standard InChI is InChI=1S/C27H23Cl2N7O2/c1-15-11-19(20(13-30)16-7-9-17(28)10-8-16)21(29)12-22(15)34-25-24(31)26(33-14-32-25)35-36-27(37)18-5-3-4-6-23(18)38-2/h3-12,14,20H,31H2,1-2H3,(H,36,37)(H2,32,33,34,35). The molecule has 1 aromatic heterocycles. The van der Waals surface area contributed by atoms with Crippen molar-refractivity contribution < 1.29 is 9.53 Å². The minimum atomic E-state index is -0.570. The first-order valence-corrected chi connectivity index (χ1v) is 12.1. The molecule has 192 valence electrons. The summed E-state index contributed by atoms with van der Waals surface area (Å²) in [5.41, 5.74) is 15.0. The van der Waals surface area contributed by atoms with Crippen LogP contribution in [0.25, 0.3) is 0 Å². The third kappa shape index (κ3) is 5.72. The van der Waals surface area contributed by atoms with Gasteiger partial charge in [-0.15, -0.1) is 0 Å². The number of nitrogens with zero attached hydrogens (tertiary/aromatic N) is 3. The number of nitrogens with two attached hydrogens (primary N) is 1. The van der Waals surface area contributed by atoms with Crippen molar-refractivity contribution in [1.29, 1.82) is 5.26 Å². The Hall–Kier alpha value is -4.52. The van der Waals surface area contributed by atoms with E-state index in [0.29, 0.717) is 38.4 Å². The number of nitrogen functional groups attached to an aromatic ring is 1. The Kier molecular flexibility index (Phi) is 8.16. The number of rotatable bonds is 8. The van der Waals surface area contributed by atoms with Gasteiger partial charge in [0.2, 0.25) is 0 Å². The van der Waals surface area contributed by atoms with Crippen LogP contribution in [0.15, 0.2) is 67.0 Å². The molecule has 9 nitrogen and oxygen atoms in total. The van der Waals surface area contributed by atoms with Crippen LogP contribution in [0, 0.1) is 18.3 Å². The van der Waals surface area contributed by atoms with Crippen LogP contribution >= 0.6 is 23.2 Å². The Bertz CT molecular complexity index is 1520. The minimum absolute atomic E-state index is 0.170. The number of carbonyl (C=O) groups is 1. The van der Waals surface area contributed by atoms with Crippen molar-refractivity contribution in [2.24, 2.45) is 0 Å². The zero-order chi connectivity index (χ0) is 27.2. The maximum absolute atomic E-state index is 12.6. The molecule has 0 fully saturated rings. The van der Waals surface area contributed by atoms with Gasteiger partial charge in [0.05, 0.1) is 24.7 Å². The summed E-state index contributed by atoms with van der Waals surface area (Å²) < 4.78 is 5.23. The van der Waals surface area contributed by atoms with E-state index >= 15 is 0 Å². The van der Waals surface area contributed by atoms with E-state index in [1.54, 1.807) is 54.6 Å². The largest absolute Gasteiger partial charge is 0.496 e. The lowest BCUT2D eigenvalue weighted by molar-refractivity contribution is 0.0959. The topological polar surface area (TPSA) is 138 Å². The van der Waals surface area contributed by atoms with Gasteiger partial charge in [0.15, 0.2) is 11.6 Å². The van der Waals surface area contributed by atoms with Crippen molar-refractivity contribution in [3.63, 3.8) is 0 Å². The molecule has 1 amide bonds. The van der Waals surface area contributed by atoms with E-state index in [1.165, 1.54) is 13.4 Å². The Morgan fingerprint density at radius 2 is 1.79 bits per heavy atom. The lowest BCUT2D eigenvalue weighted by Gasteiger charge is -2.18. The van der Waals surface area contributed by atoms with E-state index in [4.69, 9.17) is 33.7 Å². The number of methoxy groups -OCH3 is 1. The number of nitrogens with one attached hydrogen (secondary N) is 3. The van der Waals surface area contributed by atoms with Gasteiger partial charge in [-0.3, -0.25) is 15.6 Å². The molecule has 1 heterocycles. The number of nitriles is 1. The molecule has 3 aromatic carbocycles. The molecule has 0 aliphatic rings. The zero-order valence-electron chi connectivity index (χ0n) is 20.4. The molecule has 4 rings (SSSR count). The first-order valence-electron chi connectivity index (χ1n) is 11.3. The molecular weight excluding hydrogens is 525 g/mol. The van der Waals surface area contributed by atoms with Gasteiger partial charge in [0.1, 0.15) is 17.8 Å². The number of halogens is 2. The van der Waals surface area contributed by atoms with E-state index in [9.17, 15) is 10.1 Å². The van der Waals surface area contributed by atoms with E-state index in [1.807, 2.05) is 13.0 Å². The van der Waals surface area contributed by atoms with Crippen LogP contribution in [0.1, 0.15) is 33.0 Å². The fraction of sp³-hybridized carbons (Fsp3) is 0.111. The van der Waals surface area contributed by atoms with Crippen molar-refractivity contribution in [3.05, 3.63) is 99.3 Å². The van der Waals surface area contributed by atoms with Crippen molar-refractivity contribution in [2.75, 3.05) is 23.6 Å². The number of aryl methyl sites for hydroxylation is 1. The number of amides is 1. The molecule has 0 aliphatic carbocycles. The van der Waals surface area contributed by atoms with E-state index < -0.39 is 11.8 Å². The van der Waals surface area contributed by atoms with E-state index in [0.717, 1.165) is 11.1 Å². The number of hydrogen-bond donors (Lipinski definition) is 4. The van der Waals surface area contributed by atoms with Crippen LogP contribution in [-0.2, 0) is 0 Å². The third-order valence-electron chi connectivity index (χ3n) is 5.77. The molecule has 38 heavy (non-hydrogen) atoms. The van der Waals surface area contributed by atoms with Crippen molar-refractivity contribution in [1.82, 2.24) is 15.4 Å². The summed E-state index contributed by atoms with van der Waals surface area (Å²) in [6, 6.07) is 19.8. The quantitative estimate of drug-likeness (QED) is 0.202. The highest BCUT2D eigenvalue weighted by molar-refractivity contribution is 6.32. The van der Waals surface area contributed by atoms with Crippen molar-refractivity contribution >= 4 is 52.1 Å². The second-order valence-corrected chi connectivity index (χ2v) is 9.03. The summed E-state index contributed by atoms with van der Waals surface area (Å²) in [5.74, 6) is -0.0792. The lowest BCUT2D eigenvalue weighted by atomic mass is 9.91. The number of benzene rings is 3. The highest BCUT2D eigenvalue weighted by atomic mass is 35.5. The molecule has 0 aliphatic heterocycles. The normalized spacial score (nSPS) is 11.2. The zero-order valence-corrected chi connectivity index (χ0v) is 21.9. The van der Waals surface area contributed by atoms with Crippen molar-refractivity contribution in [3.8, 4) is 11.8 Å². The molecule has 0 spiro atoms. The molecule has 0 bridgehead atoms. The first kappa shape index (κ1) is 26.5. The van der Waals surface area contributed by atoms with Crippen LogP contribution in [0.5, 0.6) is 5.75 Å². The van der Waals surface area contributed by atoms with Gasteiger partial charge in [-0.1, -0.05) is 53.5 Å². The SMILES string of the molecule is COc1ccccc1C(=O)NNc1ncnc(Nc2cc(Cl)c(C(C#N)c3ccc(Cl)cc3)cc2C)c1N. The molecule has 11 heteroatoms. The predicted octanol–water partition coefficient (Wildman–Crippen LogP) is 5.84. The summed E-state index contributed by atoms with van der Waals surface area (Å²) in [6.45, 7) is 1.88. The lowest BCUT2D eigenvalue weighted by Crippen LogP contribution is -2.30. The van der Waals surface area contributed by atoms with Gasteiger partial charge in [-0.25, -0.2) is 9.97 Å². The van der Waals surface area contributed by atoms with Gasteiger partial charge in [0, 0.05) is 15.7 Å². The van der Waals surface area contributed by atoms with Crippen molar-refractivity contribution in [2.45, 2.75) is 12.8 Å². The third-order valence-corrected chi connectivity index (χ3v) is 6.35. The molecule has 0 saturated carbocycles. The number of anilines is 4.